The summed E-state index contributed by atoms with van der Waals surface area (Å²) in [6.45, 7) is 3.69. The van der Waals surface area contributed by atoms with Gasteiger partial charge in [-0.2, -0.15) is 15.3 Å². The molecule has 1 amide bonds. The number of carbonyl (C=O) groups excluding carboxylic acids is 1. The first-order valence-electron chi connectivity index (χ1n) is 13.1. The van der Waals surface area contributed by atoms with Crippen LogP contribution in [0.3, 0.4) is 0 Å². The Hall–Kier alpha value is -4.44. The number of rotatable bonds is 7. The van der Waals surface area contributed by atoms with Crippen LogP contribution in [0.1, 0.15) is 50.0 Å². The van der Waals surface area contributed by atoms with E-state index >= 15 is 0 Å². The fraction of sp³-hybridized carbons (Fsp3) is 0.444. The predicted octanol–water partition coefficient (Wildman–Crippen LogP) is 3.17. The molecule has 4 heterocycles. The fourth-order valence-electron chi connectivity index (χ4n) is 5.30. The number of nitrogens with one attached hydrogen (secondary N) is 3. The molecule has 208 valence electrons. The van der Waals surface area contributed by atoms with Gasteiger partial charge in [0, 0.05) is 13.3 Å². The number of hydrogen-bond donors (Lipinski definition) is 3. The standard InChI is InChI=1S/C27H31FN10O2/c1-16(20-5-7-23(30-13-20)38-15-21(28)14-31-38)32-25(39)27(40-3)10-8-18(9-11-27)24-19(12-29)4-6-22(34-24)35-26-33-17(2)36-37-26/h4-7,13-16,18-19,24H,8-11H2,1-3H3,(H,32,39)(H2,33,34,35,36,37)/t16-,18?,19?,24?,27?/m0/s1. The number of nitriles is 1. The first-order valence-corrected chi connectivity index (χ1v) is 13.1. The molecule has 1 fully saturated rings. The van der Waals surface area contributed by atoms with Crippen molar-refractivity contribution in [3.05, 3.63) is 60.1 Å². The zero-order valence-corrected chi connectivity index (χ0v) is 22.5. The van der Waals surface area contributed by atoms with Gasteiger partial charge in [-0.15, -0.1) is 5.10 Å². The van der Waals surface area contributed by atoms with Crippen molar-refractivity contribution in [1.82, 2.24) is 35.3 Å². The Balaban J connectivity index is 1.22. The van der Waals surface area contributed by atoms with Crippen LogP contribution in [0.15, 0.2) is 47.9 Å². The van der Waals surface area contributed by atoms with Gasteiger partial charge in [0.2, 0.25) is 5.95 Å². The first kappa shape index (κ1) is 27.1. The number of anilines is 1. The molecule has 3 aromatic heterocycles. The fourth-order valence-corrected chi connectivity index (χ4v) is 5.30. The summed E-state index contributed by atoms with van der Waals surface area (Å²) in [5, 5.41) is 26.7. The average Bonchev–Trinajstić information content (AvgIpc) is 3.60. The Morgan fingerprint density at radius 1 is 1.32 bits per heavy atom. The third-order valence-corrected chi connectivity index (χ3v) is 7.63. The molecule has 3 N–H and O–H groups in total. The summed E-state index contributed by atoms with van der Waals surface area (Å²) in [6.07, 6.45) is 10.0. The Labute approximate surface area is 230 Å². The van der Waals surface area contributed by atoms with Crippen molar-refractivity contribution in [3.63, 3.8) is 0 Å². The molecule has 40 heavy (non-hydrogen) atoms. The smallest absolute Gasteiger partial charge is 0.252 e. The molecule has 1 saturated carbocycles. The van der Waals surface area contributed by atoms with Crippen molar-refractivity contribution < 1.29 is 13.9 Å². The van der Waals surface area contributed by atoms with Gasteiger partial charge in [-0.25, -0.2) is 14.1 Å². The van der Waals surface area contributed by atoms with Crippen molar-refractivity contribution in [2.45, 2.75) is 57.2 Å². The van der Waals surface area contributed by atoms with Crippen molar-refractivity contribution in [3.8, 4) is 11.9 Å². The van der Waals surface area contributed by atoms with Crippen LogP contribution in [0.5, 0.6) is 0 Å². The highest BCUT2D eigenvalue weighted by Crippen LogP contribution is 2.40. The lowest BCUT2D eigenvalue weighted by molar-refractivity contribution is -0.149. The Morgan fingerprint density at radius 2 is 2.12 bits per heavy atom. The molecule has 0 bridgehead atoms. The van der Waals surface area contributed by atoms with Crippen molar-refractivity contribution in [2.24, 2.45) is 16.8 Å². The van der Waals surface area contributed by atoms with Crippen LogP contribution in [-0.2, 0) is 9.53 Å². The monoisotopic (exact) mass is 546 g/mol. The summed E-state index contributed by atoms with van der Waals surface area (Å²) in [7, 11) is 1.56. The van der Waals surface area contributed by atoms with Crippen LogP contribution in [0, 0.1) is 35.9 Å². The molecule has 1 aliphatic heterocycles. The highest BCUT2D eigenvalue weighted by molar-refractivity contribution is 6.03. The highest BCUT2D eigenvalue weighted by atomic mass is 19.1. The Bertz CT molecular complexity index is 1450. The molecular formula is C27H31FN10O2. The number of dihydropyridines is 1. The topological polar surface area (TPSA) is 159 Å². The zero-order valence-electron chi connectivity index (χ0n) is 22.5. The third kappa shape index (κ3) is 5.62. The van der Waals surface area contributed by atoms with Crippen LogP contribution in [0.2, 0.25) is 0 Å². The molecule has 2 aliphatic rings. The minimum atomic E-state index is -0.974. The second kappa shape index (κ2) is 11.4. The number of aliphatic imine (C=N–C) groups is 1. The number of aromatic amines is 1. The largest absolute Gasteiger partial charge is 0.368 e. The quantitative estimate of drug-likeness (QED) is 0.408. The summed E-state index contributed by atoms with van der Waals surface area (Å²) in [5.41, 5.74) is -0.176. The molecule has 0 saturated heterocycles. The van der Waals surface area contributed by atoms with Gasteiger partial charge in [0.05, 0.1) is 36.5 Å². The Morgan fingerprint density at radius 3 is 2.73 bits per heavy atom. The molecule has 5 rings (SSSR count). The predicted molar refractivity (Wildman–Crippen MR) is 144 cm³/mol. The van der Waals surface area contributed by atoms with Crippen LogP contribution < -0.4 is 10.6 Å². The van der Waals surface area contributed by atoms with E-state index in [1.165, 1.54) is 10.9 Å². The van der Waals surface area contributed by atoms with Crippen molar-refractivity contribution >= 4 is 17.7 Å². The van der Waals surface area contributed by atoms with E-state index in [-0.39, 0.29) is 29.8 Å². The second-order valence-corrected chi connectivity index (χ2v) is 10.2. The molecule has 1 aliphatic carbocycles. The summed E-state index contributed by atoms with van der Waals surface area (Å²) in [4.78, 5) is 26.9. The molecule has 3 atom stereocenters. The average molecular weight is 547 g/mol. The number of nitrogens with zero attached hydrogens (tertiary/aromatic N) is 7. The van der Waals surface area contributed by atoms with E-state index in [1.807, 2.05) is 26.0 Å². The maximum absolute atomic E-state index is 13.5. The molecule has 0 spiro atoms. The van der Waals surface area contributed by atoms with Gasteiger partial charge in [0.15, 0.2) is 11.6 Å². The summed E-state index contributed by atoms with van der Waals surface area (Å²) >= 11 is 0. The lowest BCUT2D eigenvalue weighted by atomic mass is 9.72. The number of amidine groups is 1. The number of hydrogen-bond acceptors (Lipinski definition) is 9. The lowest BCUT2D eigenvalue weighted by Gasteiger charge is -2.41. The Kier molecular flexibility index (Phi) is 7.70. The van der Waals surface area contributed by atoms with E-state index < -0.39 is 11.4 Å². The number of aryl methyl sites for hydroxylation is 1. The van der Waals surface area contributed by atoms with Gasteiger partial charge < -0.3 is 15.4 Å². The number of H-pyrrole nitrogens is 1. The van der Waals surface area contributed by atoms with E-state index in [0.29, 0.717) is 49.1 Å². The van der Waals surface area contributed by atoms with Gasteiger partial charge in [-0.1, -0.05) is 12.1 Å². The number of methoxy groups -OCH3 is 1. The van der Waals surface area contributed by atoms with Crippen LogP contribution in [-0.4, -0.2) is 60.4 Å². The molecule has 12 nitrogen and oxygen atoms in total. The highest BCUT2D eigenvalue weighted by Gasteiger charge is 2.45. The van der Waals surface area contributed by atoms with Gasteiger partial charge in [0.1, 0.15) is 17.3 Å². The van der Waals surface area contributed by atoms with E-state index in [9.17, 15) is 14.4 Å². The maximum atomic E-state index is 13.5. The first-order chi connectivity index (χ1) is 19.3. The molecule has 0 radical (unpaired) electrons. The summed E-state index contributed by atoms with van der Waals surface area (Å²) < 4.78 is 20.4. The van der Waals surface area contributed by atoms with E-state index in [2.05, 4.69) is 42.0 Å². The lowest BCUT2D eigenvalue weighted by Crippen LogP contribution is -2.52. The van der Waals surface area contributed by atoms with Crippen LogP contribution in [0.4, 0.5) is 10.3 Å². The van der Waals surface area contributed by atoms with Gasteiger partial charge in [0.25, 0.3) is 5.91 Å². The number of ether oxygens (including phenoxy) is 1. The maximum Gasteiger partial charge on any atom is 0.252 e. The van der Waals surface area contributed by atoms with Crippen LogP contribution in [0.25, 0.3) is 5.82 Å². The van der Waals surface area contributed by atoms with Crippen LogP contribution >= 0.6 is 0 Å². The molecule has 2 unspecified atom stereocenters. The normalized spacial score (nSPS) is 25.1. The van der Waals surface area contributed by atoms with Gasteiger partial charge in [-0.3, -0.25) is 14.9 Å². The summed E-state index contributed by atoms with van der Waals surface area (Å²) in [5.74, 6) is 1.29. The van der Waals surface area contributed by atoms with E-state index in [0.717, 1.165) is 11.8 Å². The molecule has 3 aromatic rings. The third-order valence-electron chi connectivity index (χ3n) is 7.63. The summed E-state index contributed by atoms with van der Waals surface area (Å²) in [6, 6.07) is 5.33. The van der Waals surface area contributed by atoms with E-state index in [4.69, 9.17) is 9.73 Å². The molecule has 13 heteroatoms. The molecule has 0 aromatic carbocycles. The number of halogens is 1. The van der Waals surface area contributed by atoms with Crippen molar-refractivity contribution in [2.75, 3.05) is 12.4 Å². The zero-order chi connectivity index (χ0) is 28.3. The number of carbonyl (C=O) groups is 1. The number of aromatic nitrogens is 6. The minimum absolute atomic E-state index is 0.109. The second-order valence-electron chi connectivity index (χ2n) is 10.2. The van der Waals surface area contributed by atoms with Crippen molar-refractivity contribution in [1.29, 1.82) is 5.26 Å². The van der Waals surface area contributed by atoms with E-state index in [1.54, 1.807) is 25.4 Å². The SMILES string of the molecule is COC1(C(=O)N[C@@H](C)c2ccc(-n3cc(F)cn3)nc2)CCC(C2N=C(Nc3n[nH]c(C)n3)C=CC2C#N)CC1. The minimum Gasteiger partial charge on any atom is -0.368 e. The number of pyridine rings is 1. The van der Waals surface area contributed by atoms with Gasteiger partial charge in [-0.05, 0) is 63.2 Å². The number of amides is 1. The van der Waals surface area contributed by atoms with Gasteiger partial charge >= 0.3 is 0 Å². The molecular weight excluding hydrogens is 515 g/mol.